The molecule has 2 heteroatoms. The van der Waals surface area contributed by atoms with E-state index < -0.39 is 0 Å². The highest BCUT2D eigenvalue weighted by molar-refractivity contribution is 8.00. The molecule has 1 N–H and O–H groups in total. The van der Waals surface area contributed by atoms with Gasteiger partial charge in [-0.1, -0.05) is 58.9 Å². The van der Waals surface area contributed by atoms with Crippen molar-refractivity contribution in [1.82, 2.24) is 5.32 Å². The summed E-state index contributed by atoms with van der Waals surface area (Å²) in [6.45, 7) is 12.3. The summed E-state index contributed by atoms with van der Waals surface area (Å²) in [7, 11) is 0. The first-order valence-electron chi connectivity index (χ1n) is 7.59. The van der Waals surface area contributed by atoms with Crippen LogP contribution in [0.4, 0.5) is 0 Å². The first-order chi connectivity index (χ1) is 9.12. The highest BCUT2D eigenvalue weighted by Crippen LogP contribution is 2.30. The molecule has 1 aromatic carbocycles. The van der Waals surface area contributed by atoms with Crippen molar-refractivity contribution in [2.45, 2.75) is 64.0 Å². The fourth-order valence-corrected chi connectivity index (χ4v) is 3.61. The second-order valence-electron chi connectivity index (χ2n) is 5.19. The number of rotatable bonds is 8. The molecule has 3 unspecified atom stereocenters. The van der Waals surface area contributed by atoms with E-state index in [0.29, 0.717) is 11.3 Å². The monoisotopic (exact) mass is 279 g/mol. The van der Waals surface area contributed by atoms with Crippen LogP contribution < -0.4 is 5.32 Å². The van der Waals surface area contributed by atoms with Crippen molar-refractivity contribution in [1.29, 1.82) is 0 Å². The second-order valence-corrected chi connectivity index (χ2v) is 7.01. The smallest absolute Gasteiger partial charge is 0.0437 e. The van der Waals surface area contributed by atoms with Gasteiger partial charge in [0.1, 0.15) is 0 Å². The maximum Gasteiger partial charge on any atom is 0.0437 e. The Hall–Kier alpha value is -0.470. The lowest BCUT2D eigenvalue weighted by Gasteiger charge is -2.27. The molecule has 0 aliphatic heterocycles. The average Bonchev–Trinajstić information content (AvgIpc) is 2.44. The van der Waals surface area contributed by atoms with Gasteiger partial charge in [-0.15, -0.1) is 0 Å². The highest BCUT2D eigenvalue weighted by atomic mass is 32.2. The number of benzene rings is 1. The zero-order chi connectivity index (χ0) is 14.3. The summed E-state index contributed by atoms with van der Waals surface area (Å²) in [5.74, 6) is 0. The first-order valence-corrected chi connectivity index (χ1v) is 8.54. The molecule has 108 valence electrons. The SMILES string of the molecule is CCNC(c1ccc(CC)cc1)C(C)SC(C)CC. The Kier molecular flexibility index (Phi) is 7.55. The van der Waals surface area contributed by atoms with Crippen LogP contribution >= 0.6 is 11.8 Å². The lowest BCUT2D eigenvalue weighted by atomic mass is 10.0. The van der Waals surface area contributed by atoms with Crippen LogP contribution in [0.5, 0.6) is 0 Å². The van der Waals surface area contributed by atoms with E-state index in [-0.39, 0.29) is 0 Å². The van der Waals surface area contributed by atoms with E-state index in [2.05, 4.69) is 76.0 Å². The van der Waals surface area contributed by atoms with Crippen LogP contribution in [0.25, 0.3) is 0 Å². The van der Waals surface area contributed by atoms with Gasteiger partial charge in [-0.05, 0) is 30.5 Å². The Bertz CT molecular complexity index is 347. The number of aryl methyl sites for hydroxylation is 1. The summed E-state index contributed by atoms with van der Waals surface area (Å²) < 4.78 is 0. The van der Waals surface area contributed by atoms with Crippen molar-refractivity contribution in [2.24, 2.45) is 0 Å². The molecular weight excluding hydrogens is 250 g/mol. The summed E-state index contributed by atoms with van der Waals surface area (Å²) in [6, 6.07) is 9.57. The van der Waals surface area contributed by atoms with E-state index in [1.165, 1.54) is 17.5 Å². The standard InChI is InChI=1S/C17H29NS/c1-6-13(4)19-14(5)17(18-8-3)16-11-9-15(7-2)10-12-16/h9-14,17-18H,6-8H2,1-5H3. The van der Waals surface area contributed by atoms with Gasteiger partial charge in [-0.2, -0.15) is 11.8 Å². The third-order valence-corrected chi connectivity index (χ3v) is 5.16. The number of thioether (sulfide) groups is 1. The zero-order valence-electron chi connectivity index (χ0n) is 13.1. The topological polar surface area (TPSA) is 12.0 Å². The van der Waals surface area contributed by atoms with E-state index in [4.69, 9.17) is 0 Å². The van der Waals surface area contributed by atoms with E-state index >= 15 is 0 Å². The third kappa shape index (κ3) is 5.19. The van der Waals surface area contributed by atoms with Gasteiger partial charge in [-0.25, -0.2) is 0 Å². The molecule has 19 heavy (non-hydrogen) atoms. The first kappa shape index (κ1) is 16.6. The summed E-state index contributed by atoms with van der Waals surface area (Å²) >= 11 is 2.09. The van der Waals surface area contributed by atoms with Gasteiger partial charge in [0.05, 0.1) is 0 Å². The molecule has 0 aliphatic carbocycles. The summed E-state index contributed by atoms with van der Waals surface area (Å²) in [5, 5.41) is 4.97. The average molecular weight is 279 g/mol. The molecule has 0 aliphatic rings. The molecule has 0 radical (unpaired) electrons. The highest BCUT2D eigenvalue weighted by Gasteiger charge is 2.20. The van der Waals surface area contributed by atoms with Crippen LogP contribution in [-0.2, 0) is 6.42 Å². The number of hydrogen-bond donors (Lipinski definition) is 1. The lowest BCUT2D eigenvalue weighted by molar-refractivity contribution is 0.546. The molecule has 0 bridgehead atoms. The minimum absolute atomic E-state index is 0.454. The number of nitrogens with one attached hydrogen (secondary N) is 1. The van der Waals surface area contributed by atoms with Crippen LogP contribution in [0.1, 0.15) is 58.2 Å². The van der Waals surface area contributed by atoms with Gasteiger partial charge in [0.15, 0.2) is 0 Å². The van der Waals surface area contributed by atoms with Crippen LogP contribution in [0, 0.1) is 0 Å². The van der Waals surface area contributed by atoms with Crippen molar-refractivity contribution in [3.63, 3.8) is 0 Å². The molecule has 0 saturated carbocycles. The normalized spacial score (nSPS) is 16.1. The van der Waals surface area contributed by atoms with Gasteiger partial charge in [-0.3, -0.25) is 0 Å². The summed E-state index contributed by atoms with van der Waals surface area (Å²) in [4.78, 5) is 0. The fourth-order valence-electron chi connectivity index (χ4n) is 2.28. The molecule has 0 amide bonds. The molecule has 3 atom stereocenters. The Morgan fingerprint density at radius 3 is 2.16 bits per heavy atom. The fraction of sp³-hybridized carbons (Fsp3) is 0.647. The zero-order valence-corrected chi connectivity index (χ0v) is 13.9. The molecular formula is C17H29NS. The summed E-state index contributed by atoms with van der Waals surface area (Å²) in [6.07, 6.45) is 2.35. The Balaban J connectivity index is 2.79. The van der Waals surface area contributed by atoms with Crippen molar-refractivity contribution in [3.05, 3.63) is 35.4 Å². The summed E-state index contributed by atoms with van der Waals surface area (Å²) in [5.41, 5.74) is 2.84. The quantitative estimate of drug-likeness (QED) is 0.732. The predicted molar refractivity (Wildman–Crippen MR) is 89.0 cm³/mol. The Morgan fingerprint density at radius 2 is 1.68 bits per heavy atom. The minimum atomic E-state index is 0.454. The van der Waals surface area contributed by atoms with E-state index in [1.54, 1.807) is 0 Å². The Morgan fingerprint density at radius 1 is 1.05 bits per heavy atom. The second kappa shape index (κ2) is 8.65. The maximum absolute atomic E-state index is 3.64. The predicted octanol–water partition coefficient (Wildman–Crippen LogP) is 4.82. The Labute approximate surface area is 123 Å². The third-order valence-electron chi connectivity index (χ3n) is 3.66. The molecule has 1 rings (SSSR count). The molecule has 1 aromatic rings. The molecule has 1 nitrogen and oxygen atoms in total. The molecule has 0 spiro atoms. The van der Waals surface area contributed by atoms with Crippen LogP contribution in [0.2, 0.25) is 0 Å². The van der Waals surface area contributed by atoms with Crippen molar-refractivity contribution in [2.75, 3.05) is 6.54 Å². The van der Waals surface area contributed by atoms with Gasteiger partial charge in [0.25, 0.3) is 0 Å². The van der Waals surface area contributed by atoms with Crippen LogP contribution in [-0.4, -0.2) is 17.0 Å². The van der Waals surface area contributed by atoms with E-state index in [9.17, 15) is 0 Å². The van der Waals surface area contributed by atoms with E-state index in [0.717, 1.165) is 18.2 Å². The van der Waals surface area contributed by atoms with E-state index in [1.807, 2.05) is 0 Å². The molecule has 0 fully saturated rings. The lowest BCUT2D eigenvalue weighted by Crippen LogP contribution is -2.29. The maximum atomic E-state index is 3.64. The van der Waals surface area contributed by atoms with Crippen molar-refractivity contribution in [3.8, 4) is 0 Å². The van der Waals surface area contributed by atoms with Gasteiger partial charge in [0, 0.05) is 16.5 Å². The molecule has 0 heterocycles. The van der Waals surface area contributed by atoms with Crippen molar-refractivity contribution >= 4 is 11.8 Å². The van der Waals surface area contributed by atoms with Crippen LogP contribution in [0.15, 0.2) is 24.3 Å². The van der Waals surface area contributed by atoms with Gasteiger partial charge < -0.3 is 5.32 Å². The molecule has 0 aromatic heterocycles. The molecule has 0 saturated heterocycles. The van der Waals surface area contributed by atoms with Gasteiger partial charge >= 0.3 is 0 Å². The minimum Gasteiger partial charge on any atom is -0.309 e. The largest absolute Gasteiger partial charge is 0.309 e. The van der Waals surface area contributed by atoms with Gasteiger partial charge in [0.2, 0.25) is 0 Å². The van der Waals surface area contributed by atoms with Crippen LogP contribution in [0.3, 0.4) is 0 Å². The number of hydrogen-bond acceptors (Lipinski definition) is 2. The van der Waals surface area contributed by atoms with Crippen molar-refractivity contribution < 1.29 is 0 Å².